The van der Waals surface area contributed by atoms with Crippen LogP contribution in [-0.2, 0) is 0 Å². The fourth-order valence-electron chi connectivity index (χ4n) is 1.43. The summed E-state index contributed by atoms with van der Waals surface area (Å²) in [5.41, 5.74) is 5.40. The first-order chi connectivity index (χ1) is 9.49. The molecule has 1 aromatic carbocycles. The molecule has 5 nitrogen and oxygen atoms in total. The molecule has 1 rings (SSSR count). The average Bonchev–Trinajstić information content (AvgIpc) is 2.41. The van der Waals surface area contributed by atoms with Gasteiger partial charge in [0.15, 0.2) is 5.11 Å². The summed E-state index contributed by atoms with van der Waals surface area (Å²) in [5.74, 6) is -0.755. The van der Waals surface area contributed by atoms with E-state index in [-0.39, 0.29) is 11.7 Å². The Morgan fingerprint density at radius 2 is 1.90 bits per heavy atom. The number of hydrogen-bond acceptors (Lipinski definition) is 3. The van der Waals surface area contributed by atoms with Crippen LogP contribution in [0, 0.1) is 5.82 Å². The molecule has 0 aromatic heterocycles. The summed E-state index contributed by atoms with van der Waals surface area (Å²) >= 11 is 5.01. The van der Waals surface area contributed by atoms with Crippen molar-refractivity contribution in [1.29, 1.82) is 0 Å². The SMILES string of the molecule is CN(C)CCCNC(=S)NNC(=O)c1ccc(F)cc1. The van der Waals surface area contributed by atoms with Crippen molar-refractivity contribution in [2.24, 2.45) is 0 Å². The highest BCUT2D eigenvalue weighted by atomic mass is 32.1. The number of rotatable bonds is 5. The molecule has 110 valence electrons. The van der Waals surface area contributed by atoms with Gasteiger partial charge in [0, 0.05) is 12.1 Å². The molecule has 0 unspecified atom stereocenters. The van der Waals surface area contributed by atoms with Crippen LogP contribution in [0.25, 0.3) is 0 Å². The van der Waals surface area contributed by atoms with E-state index in [0.29, 0.717) is 10.7 Å². The van der Waals surface area contributed by atoms with Gasteiger partial charge in [0.05, 0.1) is 0 Å². The van der Waals surface area contributed by atoms with Crippen LogP contribution >= 0.6 is 12.2 Å². The highest BCUT2D eigenvalue weighted by Gasteiger charge is 2.05. The second-order valence-electron chi connectivity index (χ2n) is 4.50. The third kappa shape index (κ3) is 6.44. The Bertz CT molecular complexity index is 450. The Labute approximate surface area is 123 Å². The lowest BCUT2D eigenvalue weighted by atomic mass is 10.2. The molecule has 0 radical (unpaired) electrons. The van der Waals surface area contributed by atoms with Gasteiger partial charge in [-0.05, 0) is 63.5 Å². The van der Waals surface area contributed by atoms with Gasteiger partial charge in [-0.2, -0.15) is 0 Å². The second kappa shape index (κ2) is 8.44. The van der Waals surface area contributed by atoms with Crippen LogP contribution < -0.4 is 16.2 Å². The van der Waals surface area contributed by atoms with E-state index in [4.69, 9.17) is 12.2 Å². The summed E-state index contributed by atoms with van der Waals surface area (Å²) in [6.07, 6.45) is 0.945. The first-order valence-corrected chi connectivity index (χ1v) is 6.64. The van der Waals surface area contributed by atoms with E-state index in [1.165, 1.54) is 24.3 Å². The van der Waals surface area contributed by atoms with E-state index in [0.717, 1.165) is 19.5 Å². The maximum Gasteiger partial charge on any atom is 0.269 e. The summed E-state index contributed by atoms with van der Waals surface area (Å²) in [6.45, 7) is 1.67. The number of benzene rings is 1. The van der Waals surface area contributed by atoms with Gasteiger partial charge >= 0.3 is 0 Å². The standard InChI is InChI=1S/C13H19FN4OS/c1-18(2)9-3-8-15-13(20)17-16-12(19)10-4-6-11(14)7-5-10/h4-7H,3,8-9H2,1-2H3,(H,16,19)(H2,15,17,20). The highest BCUT2D eigenvalue weighted by molar-refractivity contribution is 7.80. The molecular formula is C13H19FN4OS. The molecule has 20 heavy (non-hydrogen) atoms. The molecule has 0 spiro atoms. The Kier molecular flexibility index (Phi) is 6.89. The van der Waals surface area contributed by atoms with E-state index in [9.17, 15) is 9.18 Å². The first kappa shape index (κ1) is 16.3. The number of hydrogen-bond donors (Lipinski definition) is 3. The minimum atomic E-state index is -0.382. The van der Waals surface area contributed by atoms with Crippen LogP contribution in [0.5, 0.6) is 0 Å². The van der Waals surface area contributed by atoms with Gasteiger partial charge < -0.3 is 10.2 Å². The molecule has 1 aromatic rings. The van der Waals surface area contributed by atoms with Crippen molar-refractivity contribution in [3.63, 3.8) is 0 Å². The molecule has 0 heterocycles. The molecule has 0 aliphatic carbocycles. The molecule has 0 fully saturated rings. The Morgan fingerprint density at radius 3 is 2.50 bits per heavy atom. The summed E-state index contributed by atoms with van der Waals surface area (Å²) < 4.78 is 12.7. The summed E-state index contributed by atoms with van der Waals surface area (Å²) in [6, 6.07) is 5.26. The lowest BCUT2D eigenvalue weighted by molar-refractivity contribution is 0.0943. The molecule has 0 atom stereocenters. The average molecular weight is 298 g/mol. The molecule has 7 heteroatoms. The van der Waals surface area contributed by atoms with Gasteiger partial charge in [0.1, 0.15) is 5.82 Å². The summed E-state index contributed by atoms with van der Waals surface area (Å²) in [7, 11) is 4.00. The van der Waals surface area contributed by atoms with Gasteiger partial charge in [-0.15, -0.1) is 0 Å². The quantitative estimate of drug-likeness (QED) is 0.428. The van der Waals surface area contributed by atoms with Crippen molar-refractivity contribution in [2.45, 2.75) is 6.42 Å². The largest absolute Gasteiger partial charge is 0.361 e. The number of carbonyl (C=O) groups excluding carboxylic acids is 1. The number of nitrogens with one attached hydrogen (secondary N) is 3. The molecule has 0 saturated heterocycles. The van der Waals surface area contributed by atoms with E-state index < -0.39 is 0 Å². The molecular weight excluding hydrogens is 279 g/mol. The van der Waals surface area contributed by atoms with Gasteiger partial charge in [-0.1, -0.05) is 0 Å². The zero-order valence-electron chi connectivity index (χ0n) is 11.6. The van der Waals surface area contributed by atoms with Crippen LogP contribution in [0.15, 0.2) is 24.3 Å². The van der Waals surface area contributed by atoms with Gasteiger partial charge in [0.25, 0.3) is 5.91 Å². The minimum absolute atomic E-state index is 0.346. The molecule has 0 saturated carbocycles. The van der Waals surface area contributed by atoms with Crippen LogP contribution in [0.3, 0.4) is 0 Å². The van der Waals surface area contributed by atoms with E-state index >= 15 is 0 Å². The second-order valence-corrected chi connectivity index (χ2v) is 4.91. The monoisotopic (exact) mass is 298 g/mol. The summed E-state index contributed by atoms with van der Waals surface area (Å²) in [5, 5.41) is 3.32. The Balaban J connectivity index is 2.23. The number of hydrazine groups is 1. The third-order valence-corrected chi connectivity index (χ3v) is 2.71. The predicted octanol–water partition coefficient (Wildman–Crippen LogP) is 0.886. The molecule has 1 amide bonds. The number of nitrogens with zero attached hydrogens (tertiary/aromatic N) is 1. The van der Waals surface area contributed by atoms with Crippen molar-refractivity contribution in [3.8, 4) is 0 Å². The van der Waals surface area contributed by atoms with Crippen LogP contribution in [0.2, 0.25) is 0 Å². The smallest absolute Gasteiger partial charge is 0.269 e. The summed E-state index contributed by atoms with van der Waals surface area (Å²) in [4.78, 5) is 13.8. The van der Waals surface area contributed by atoms with E-state index in [1.807, 2.05) is 14.1 Å². The van der Waals surface area contributed by atoms with Gasteiger partial charge in [-0.25, -0.2) is 4.39 Å². The van der Waals surface area contributed by atoms with Crippen molar-refractivity contribution < 1.29 is 9.18 Å². The van der Waals surface area contributed by atoms with E-state index in [2.05, 4.69) is 21.1 Å². The van der Waals surface area contributed by atoms with E-state index in [1.54, 1.807) is 0 Å². The van der Waals surface area contributed by atoms with Gasteiger partial charge in [0.2, 0.25) is 0 Å². The third-order valence-electron chi connectivity index (χ3n) is 2.46. The van der Waals surface area contributed by atoms with Crippen LogP contribution in [0.4, 0.5) is 4.39 Å². The minimum Gasteiger partial charge on any atom is -0.361 e. The normalized spacial score (nSPS) is 10.2. The Morgan fingerprint density at radius 1 is 1.25 bits per heavy atom. The van der Waals surface area contributed by atoms with Crippen molar-refractivity contribution in [2.75, 3.05) is 27.2 Å². The number of thiocarbonyl (C=S) groups is 1. The topological polar surface area (TPSA) is 56.4 Å². The maximum absolute atomic E-state index is 12.7. The van der Waals surface area contributed by atoms with Crippen LogP contribution in [0.1, 0.15) is 16.8 Å². The predicted molar refractivity (Wildman–Crippen MR) is 80.8 cm³/mol. The molecule has 3 N–H and O–H groups in total. The zero-order valence-corrected chi connectivity index (χ0v) is 12.4. The molecule has 0 aliphatic rings. The van der Waals surface area contributed by atoms with Gasteiger partial charge in [-0.3, -0.25) is 15.6 Å². The lowest BCUT2D eigenvalue weighted by Crippen LogP contribution is -2.47. The highest BCUT2D eigenvalue weighted by Crippen LogP contribution is 2.01. The number of amides is 1. The maximum atomic E-state index is 12.7. The van der Waals surface area contributed by atoms with Crippen molar-refractivity contribution in [1.82, 2.24) is 21.1 Å². The Hall–Kier alpha value is -1.73. The fourth-order valence-corrected chi connectivity index (χ4v) is 1.58. The number of halogens is 1. The van der Waals surface area contributed by atoms with Crippen molar-refractivity contribution in [3.05, 3.63) is 35.6 Å². The van der Waals surface area contributed by atoms with Crippen molar-refractivity contribution >= 4 is 23.2 Å². The number of carbonyl (C=O) groups is 1. The molecule has 0 bridgehead atoms. The zero-order chi connectivity index (χ0) is 15.0. The first-order valence-electron chi connectivity index (χ1n) is 6.23. The fraction of sp³-hybridized carbons (Fsp3) is 0.385. The lowest BCUT2D eigenvalue weighted by Gasteiger charge is -2.13. The molecule has 0 aliphatic heterocycles. The van der Waals surface area contributed by atoms with Crippen LogP contribution in [-0.4, -0.2) is 43.1 Å².